The summed E-state index contributed by atoms with van der Waals surface area (Å²) in [5, 5.41) is 18.0. The molecule has 0 bridgehead atoms. The van der Waals surface area contributed by atoms with E-state index in [1.807, 2.05) is 13.0 Å². The Morgan fingerprint density at radius 1 is 1.33 bits per heavy atom. The lowest BCUT2D eigenvalue weighted by molar-refractivity contribution is 0.0697. The second-order valence-corrected chi connectivity index (χ2v) is 4.37. The van der Waals surface area contributed by atoms with Crippen molar-refractivity contribution in [1.29, 1.82) is 0 Å². The summed E-state index contributed by atoms with van der Waals surface area (Å²) in [4.78, 5) is 13.0. The maximum atomic E-state index is 10.9. The summed E-state index contributed by atoms with van der Waals surface area (Å²) in [5.41, 5.74) is 2.23. The lowest BCUT2D eigenvalue weighted by Gasteiger charge is -2.25. The number of aromatic carboxylic acids is 1. The number of rotatable bonds is 7. The first-order chi connectivity index (χ1) is 8.60. The maximum absolute atomic E-state index is 10.9. The number of unbranched alkanes of at least 4 members (excludes halogenated alkanes) is 1. The van der Waals surface area contributed by atoms with Crippen molar-refractivity contribution in [2.75, 3.05) is 24.6 Å². The molecule has 4 nitrogen and oxygen atoms in total. The number of nitrogens with zero attached hydrogens (tertiary/aromatic N) is 1. The highest BCUT2D eigenvalue weighted by molar-refractivity contribution is 5.88. The van der Waals surface area contributed by atoms with Gasteiger partial charge in [0.1, 0.15) is 0 Å². The molecule has 0 atom stereocenters. The van der Waals surface area contributed by atoms with Crippen molar-refractivity contribution in [3.63, 3.8) is 0 Å². The second kappa shape index (κ2) is 7.01. The van der Waals surface area contributed by atoms with Gasteiger partial charge in [-0.25, -0.2) is 4.79 Å². The summed E-state index contributed by atoms with van der Waals surface area (Å²) >= 11 is 0. The Morgan fingerprint density at radius 3 is 2.56 bits per heavy atom. The topological polar surface area (TPSA) is 60.8 Å². The van der Waals surface area contributed by atoms with Crippen LogP contribution in [0.3, 0.4) is 0 Å². The van der Waals surface area contributed by atoms with Crippen molar-refractivity contribution >= 4 is 11.7 Å². The molecule has 0 aliphatic heterocycles. The maximum Gasteiger partial charge on any atom is 0.335 e. The molecule has 1 aromatic rings. The molecule has 0 heterocycles. The van der Waals surface area contributed by atoms with Gasteiger partial charge in [0.15, 0.2) is 0 Å². The summed E-state index contributed by atoms with van der Waals surface area (Å²) < 4.78 is 0. The van der Waals surface area contributed by atoms with Crippen LogP contribution in [-0.4, -0.2) is 35.9 Å². The summed E-state index contributed by atoms with van der Waals surface area (Å²) in [5.74, 6) is -0.910. The third-order valence-electron chi connectivity index (χ3n) is 2.94. The number of aliphatic hydroxyl groups is 1. The van der Waals surface area contributed by atoms with Gasteiger partial charge in [-0.1, -0.05) is 13.3 Å². The van der Waals surface area contributed by atoms with Gasteiger partial charge in [0.2, 0.25) is 0 Å². The number of aryl methyl sites for hydroxylation is 1. The zero-order valence-electron chi connectivity index (χ0n) is 11.0. The van der Waals surface area contributed by atoms with E-state index >= 15 is 0 Å². The van der Waals surface area contributed by atoms with Crippen molar-refractivity contribution in [3.05, 3.63) is 29.3 Å². The minimum atomic E-state index is -0.910. The molecule has 4 heteroatoms. The van der Waals surface area contributed by atoms with Crippen molar-refractivity contribution in [3.8, 4) is 0 Å². The number of benzene rings is 1. The summed E-state index contributed by atoms with van der Waals surface area (Å²) in [7, 11) is 0. The largest absolute Gasteiger partial charge is 0.478 e. The predicted molar refractivity (Wildman–Crippen MR) is 72.3 cm³/mol. The molecule has 0 amide bonds. The monoisotopic (exact) mass is 251 g/mol. The molecule has 2 N–H and O–H groups in total. The molecule has 0 spiro atoms. The highest BCUT2D eigenvalue weighted by Gasteiger charge is 2.11. The van der Waals surface area contributed by atoms with Crippen LogP contribution in [0.4, 0.5) is 5.69 Å². The van der Waals surface area contributed by atoms with Gasteiger partial charge in [-0.05, 0) is 37.1 Å². The molecule has 0 unspecified atom stereocenters. The fourth-order valence-corrected chi connectivity index (χ4v) is 1.97. The van der Waals surface area contributed by atoms with E-state index in [2.05, 4.69) is 11.8 Å². The number of hydrogen-bond donors (Lipinski definition) is 2. The summed E-state index contributed by atoms with van der Waals surface area (Å²) in [6, 6.07) is 5.11. The van der Waals surface area contributed by atoms with Gasteiger partial charge in [0.05, 0.1) is 12.2 Å². The summed E-state index contributed by atoms with van der Waals surface area (Å²) in [6.07, 6.45) is 2.15. The van der Waals surface area contributed by atoms with Crippen LogP contribution in [0, 0.1) is 6.92 Å². The molecular formula is C14H21NO3. The lowest BCUT2D eigenvalue weighted by atomic mass is 10.1. The molecule has 0 saturated heterocycles. The molecular weight excluding hydrogens is 230 g/mol. The van der Waals surface area contributed by atoms with Gasteiger partial charge in [0, 0.05) is 18.8 Å². The van der Waals surface area contributed by atoms with Gasteiger partial charge in [0.25, 0.3) is 0 Å². The van der Waals surface area contributed by atoms with E-state index in [0.717, 1.165) is 30.6 Å². The Bertz CT molecular complexity index is 404. The van der Waals surface area contributed by atoms with Gasteiger partial charge < -0.3 is 15.1 Å². The number of carboxylic acid groups (broad SMARTS) is 1. The van der Waals surface area contributed by atoms with E-state index in [-0.39, 0.29) is 6.61 Å². The van der Waals surface area contributed by atoms with Crippen LogP contribution in [0.5, 0.6) is 0 Å². The first-order valence-corrected chi connectivity index (χ1v) is 6.30. The van der Waals surface area contributed by atoms with Crippen LogP contribution in [0.25, 0.3) is 0 Å². The number of carbonyl (C=O) groups is 1. The Hall–Kier alpha value is -1.55. The number of anilines is 1. The Labute approximate surface area is 108 Å². The minimum absolute atomic E-state index is 0.101. The average molecular weight is 251 g/mol. The summed E-state index contributed by atoms with van der Waals surface area (Å²) in [6.45, 7) is 5.58. The zero-order chi connectivity index (χ0) is 13.5. The van der Waals surface area contributed by atoms with Crippen LogP contribution >= 0.6 is 0 Å². The Balaban J connectivity index is 2.93. The molecule has 0 saturated carbocycles. The van der Waals surface area contributed by atoms with E-state index in [1.165, 1.54) is 0 Å². The van der Waals surface area contributed by atoms with E-state index in [9.17, 15) is 4.79 Å². The van der Waals surface area contributed by atoms with Gasteiger partial charge >= 0.3 is 5.97 Å². The molecule has 100 valence electrons. The minimum Gasteiger partial charge on any atom is -0.478 e. The SMILES string of the molecule is CCCCN(CCO)c1ccc(C(=O)O)cc1C. The smallest absolute Gasteiger partial charge is 0.335 e. The molecule has 18 heavy (non-hydrogen) atoms. The highest BCUT2D eigenvalue weighted by atomic mass is 16.4. The normalized spacial score (nSPS) is 10.4. The van der Waals surface area contributed by atoms with Crippen molar-refractivity contribution in [1.82, 2.24) is 0 Å². The van der Waals surface area contributed by atoms with Crippen LogP contribution in [-0.2, 0) is 0 Å². The van der Waals surface area contributed by atoms with Crippen molar-refractivity contribution in [2.45, 2.75) is 26.7 Å². The van der Waals surface area contributed by atoms with E-state index in [1.54, 1.807) is 12.1 Å². The standard InChI is InChI=1S/C14H21NO3/c1-3-4-7-15(8-9-16)13-6-5-12(14(17)18)10-11(13)2/h5-6,10,16H,3-4,7-9H2,1-2H3,(H,17,18). The molecule has 0 aliphatic rings. The highest BCUT2D eigenvalue weighted by Crippen LogP contribution is 2.21. The Morgan fingerprint density at radius 2 is 2.06 bits per heavy atom. The van der Waals surface area contributed by atoms with E-state index in [4.69, 9.17) is 10.2 Å². The van der Waals surface area contributed by atoms with Gasteiger partial charge in [-0.15, -0.1) is 0 Å². The fraction of sp³-hybridized carbons (Fsp3) is 0.500. The molecule has 0 aromatic heterocycles. The van der Waals surface area contributed by atoms with Gasteiger partial charge in [-0.2, -0.15) is 0 Å². The van der Waals surface area contributed by atoms with E-state index in [0.29, 0.717) is 12.1 Å². The first-order valence-electron chi connectivity index (χ1n) is 6.30. The molecule has 0 aliphatic carbocycles. The number of aliphatic hydroxyl groups excluding tert-OH is 1. The van der Waals surface area contributed by atoms with Gasteiger partial charge in [-0.3, -0.25) is 0 Å². The van der Waals surface area contributed by atoms with Crippen LogP contribution in [0.1, 0.15) is 35.7 Å². The number of hydrogen-bond acceptors (Lipinski definition) is 3. The van der Waals surface area contributed by atoms with Crippen molar-refractivity contribution < 1.29 is 15.0 Å². The third kappa shape index (κ3) is 3.74. The number of carboxylic acids is 1. The molecule has 0 radical (unpaired) electrons. The second-order valence-electron chi connectivity index (χ2n) is 4.37. The van der Waals surface area contributed by atoms with Crippen LogP contribution in [0.2, 0.25) is 0 Å². The lowest BCUT2D eigenvalue weighted by Crippen LogP contribution is -2.28. The quantitative estimate of drug-likeness (QED) is 0.780. The van der Waals surface area contributed by atoms with Crippen molar-refractivity contribution in [2.24, 2.45) is 0 Å². The predicted octanol–water partition coefficient (Wildman–Crippen LogP) is 2.29. The first kappa shape index (κ1) is 14.5. The third-order valence-corrected chi connectivity index (χ3v) is 2.94. The Kier molecular flexibility index (Phi) is 5.65. The van der Waals surface area contributed by atoms with Crippen LogP contribution in [0.15, 0.2) is 18.2 Å². The van der Waals surface area contributed by atoms with E-state index < -0.39 is 5.97 Å². The average Bonchev–Trinajstić information content (AvgIpc) is 2.34. The molecule has 1 rings (SSSR count). The molecule has 0 fully saturated rings. The fourth-order valence-electron chi connectivity index (χ4n) is 1.97. The zero-order valence-corrected chi connectivity index (χ0v) is 11.0. The molecule has 1 aromatic carbocycles. The van der Waals surface area contributed by atoms with Crippen LogP contribution < -0.4 is 4.90 Å².